The summed E-state index contributed by atoms with van der Waals surface area (Å²) in [7, 11) is -3.92. The molecule has 0 saturated heterocycles. The van der Waals surface area contributed by atoms with Crippen molar-refractivity contribution in [3.63, 3.8) is 0 Å². The molecule has 0 aromatic carbocycles. The number of esters is 1. The molecule has 17 heavy (non-hydrogen) atoms. The van der Waals surface area contributed by atoms with Crippen molar-refractivity contribution >= 4 is 16.1 Å². The molecule has 0 spiro atoms. The second-order valence-electron chi connectivity index (χ2n) is 4.06. The first-order valence-electron chi connectivity index (χ1n) is 5.27. The van der Waals surface area contributed by atoms with E-state index in [0.29, 0.717) is 18.4 Å². The van der Waals surface area contributed by atoms with Crippen molar-refractivity contribution in [2.45, 2.75) is 39.7 Å². The zero-order valence-corrected chi connectivity index (χ0v) is 11.2. The molecule has 1 atom stereocenters. The summed E-state index contributed by atoms with van der Waals surface area (Å²) >= 11 is 0. The van der Waals surface area contributed by atoms with E-state index in [0.717, 1.165) is 5.92 Å². The molecule has 0 aromatic heterocycles. The van der Waals surface area contributed by atoms with Crippen molar-refractivity contribution in [3.8, 4) is 0 Å². The lowest BCUT2D eigenvalue weighted by atomic mass is 10.0. The van der Waals surface area contributed by atoms with Gasteiger partial charge in [-0.15, -0.1) is 0 Å². The summed E-state index contributed by atoms with van der Waals surface area (Å²) in [5, 5.41) is 0. The van der Waals surface area contributed by atoms with Gasteiger partial charge in [0.15, 0.2) is 0 Å². The number of ether oxygens (including phenoxy) is 1. The molecule has 0 amide bonds. The first kappa shape index (κ1) is 16.1. The number of hydrogen-bond donors (Lipinski definition) is 1. The maximum Gasteiger partial charge on any atom is 0.333 e. The summed E-state index contributed by atoms with van der Waals surface area (Å²) in [6.07, 6.45) is 0.393. The molecule has 1 N–H and O–H groups in total. The monoisotopic (exact) mass is 263 g/mol. The smallest absolute Gasteiger partial charge is 0.333 e. The SMILES string of the molecule is C=C(C)C(=O)OC(C)[C](C)CCCS(=O)(=O)O. The molecule has 1 unspecified atom stereocenters. The maximum atomic E-state index is 11.2. The highest BCUT2D eigenvalue weighted by Gasteiger charge is 2.18. The van der Waals surface area contributed by atoms with Gasteiger partial charge < -0.3 is 4.74 Å². The molecule has 5 nitrogen and oxygen atoms in total. The van der Waals surface area contributed by atoms with Gasteiger partial charge in [0.1, 0.15) is 6.10 Å². The van der Waals surface area contributed by atoms with Gasteiger partial charge in [0, 0.05) is 11.5 Å². The Kier molecular flexibility index (Phi) is 6.41. The summed E-state index contributed by atoms with van der Waals surface area (Å²) in [6.45, 7) is 8.51. The minimum atomic E-state index is -3.92. The molecule has 0 fully saturated rings. The van der Waals surface area contributed by atoms with Crippen LogP contribution in [0, 0.1) is 5.92 Å². The maximum absolute atomic E-state index is 11.2. The lowest BCUT2D eigenvalue weighted by Crippen LogP contribution is -2.21. The van der Waals surface area contributed by atoms with E-state index in [1.165, 1.54) is 0 Å². The first-order chi connectivity index (χ1) is 7.63. The van der Waals surface area contributed by atoms with Crippen molar-refractivity contribution in [1.82, 2.24) is 0 Å². The highest BCUT2D eigenvalue weighted by atomic mass is 32.2. The molecule has 99 valence electrons. The highest BCUT2D eigenvalue weighted by Crippen LogP contribution is 2.17. The molecule has 0 aliphatic heterocycles. The standard InChI is InChI=1S/C11H19O5S/c1-8(2)11(12)16-10(4)9(3)6-5-7-17(13,14)15/h10H,1,5-7H2,2-4H3,(H,13,14,15). The van der Waals surface area contributed by atoms with Crippen LogP contribution in [0.2, 0.25) is 0 Å². The third-order valence-electron chi connectivity index (χ3n) is 2.30. The van der Waals surface area contributed by atoms with Crippen molar-refractivity contribution in [2.75, 3.05) is 5.75 Å². The fourth-order valence-electron chi connectivity index (χ4n) is 1.10. The average Bonchev–Trinajstić information content (AvgIpc) is 2.15. The minimum Gasteiger partial charge on any atom is -0.459 e. The van der Waals surface area contributed by atoms with Gasteiger partial charge in [0.05, 0.1) is 5.75 Å². The summed E-state index contributed by atoms with van der Waals surface area (Å²) in [4.78, 5) is 11.2. The van der Waals surface area contributed by atoms with E-state index in [9.17, 15) is 13.2 Å². The Morgan fingerprint density at radius 2 is 1.94 bits per heavy atom. The Labute approximate surface area is 103 Å². The number of rotatable bonds is 7. The summed E-state index contributed by atoms with van der Waals surface area (Å²) in [5.74, 6) is 0.0979. The van der Waals surface area contributed by atoms with Crippen molar-refractivity contribution in [2.24, 2.45) is 0 Å². The Morgan fingerprint density at radius 1 is 1.41 bits per heavy atom. The average molecular weight is 263 g/mol. The van der Waals surface area contributed by atoms with Crippen LogP contribution >= 0.6 is 0 Å². The normalized spacial score (nSPS) is 13.5. The van der Waals surface area contributed by atoms with Gasteiger partial charge in [0.25, 0.3) is 10.1 Å². The van der Waals surface area contributed by atoms with E-state index in [2.05, 4.69) is 6.58 Å². The van der Waals surface area contributed by atoms with Gasteiger partial charge in [-0.3, -0.25) is 4.55 Å². The number of carbonyl (C=O) groups excluding carboxylic acids is 1. The van der Waals surface area contributed by atoms with Crippen LogP contribution in [-0.4, -0.2) is 30.8 Å². The Morgan fingerprint density at radius 3 is 2.35 bits per heavy atom. The molecule has 0 bridgehead atoms. The molecule has 0 heterocycles. The highest BCUT2D eigenvalue weighted by molar-refractivity contribution is 7.85. The second kappa shape index (κ2) is 6.76. The van der Waals surface area contributed by atoms with Crippen molar-refractivity contribution < 1.29 is 22.5 Å². The lowest BCUT2D eigenvalue weighted by molar-refractivity contribution is -0.142. The Balaban J connectivity index is 4.02. The third kappa shape index (κ3) is 7.93. The van der Waals surface area contributed by atoms with Crippen LogP contribution in [0.3, 0.4) is 0 Å². The fourth-order valence-corrected chi connectivity index (χ4v) is 1.61. The quantitative estimate of drug-likeness (QED) is 0.430. The van der Waals surface area contributed by atoms with Crippen molar-refractivity contribution in [1.29, 1.82) is 0 Å². The largest absolute Gasteiger partial charge is 0.459 e. The van der Waals surface area contributed by atoms with E-state index < -0.39 is 16.1 Å². The minimum absolute atomic E-state index is 0.286. The molecular weight excluding hydrogens is 244 g/mol. The number of carbonyl (C=O) groups is 1. The van der Waals surface area contributed by atoms with Crippen LogP contribution in [0.1, 0.15) is 33.6 Å². The van der Waals surface area contributed by atoms with E-state index >= 15 is 0 Å². The van der Waals surface area contributed by atoms with Crippen LogP contribution in [0.25, 0.3) is 0 Å². The summed E-state index contributed by atoms with van der Waals surface area (Å²) in [6, 6.07) is 0. The van der Waals surface area contributed by atoms with Gasteiger partial charge in [-0.2, -0.15) is 8.42 Å². The van der Waals surface area contributed by atoms with Gasteiger partial charge in [0.2, 0.25) is 0 Å². The van der Waals surface area contributed by atoms with Crippen LogP contribution in [0.5, 0.6) is 0 Å². The Hall–Kier alpha value is -0.880. The van der Waals surface area contributed by atoms with E-state index in [-0.39, 0.29) is 11.9 Å². The second-order valence-corrected chi connectivity index (χ2v) is 5.64. The van der Waals surface area contributed by atoms with Crippen molar-refractivity contribution in [3.05, 3.63) is 18.1 Å². The first-order valence-corrected chi connectivity index (χ1v) is 6.88. The molecule has 1 radical (unpaired) electrons. The lowest BCUT2D eigenvalue weighted by Gasteiger charge is -2.19. The van der Waals surface area contributed by atoms with Crippen LogP contribution in [0.15, 0.2) is 12.2 Å². The topological polar surface area (TPSA) is 80.7 Å². The van der Waals surface area contributed by atoms with Crippen LogP contribution in [-0.2, 0) is 19.6 Å². The molecule has 0 aliphatic carbocycles. The molecule has 6 heteroatoms. The van der Waals surface area contributed by atoms with E-state index in [1.807, 2.05) is 0 Å². The Bertz CT molecular complexity index is 371. The van der Waals surface area contributed by atoms with E-state index in [4.69, 9.17) is 9.29 Å². The fraction of sp³-hybridized carbons (Fsp3) is 0.636. The van der Waals surface area contributed by atoms with Gasteiger partial charge >= 0.3 is 5.97 Å². The molecular formula is C11H19O5S. The number of hydrogen-bond acceptors (Lipinski definition) is 4. The molecule has 0 rings (SSSR count). The molecule has 0 aliphatic rings. The third-order valence-corrected chi connectivity index (χ3v) is 3.10. The summed E-state index contributed by atoms with van der Waals surface area (Å²) < 4.78 is 34.6. The van der Waals surface area contributed by atoms with Gasteiger partial charge in [-0.05, 0) is 26.7 Å². The predicted molar refractivity (Wildman–Crippen MR) is 64.9 cm³/mol. The molecule has 0 aromatic rings. The zero-order valence-electron chi connectivity index (χ0n) is 10.4. The van der Waals surface area contributed by atoms with Crippen LogP contribution < -0.4 is 0 Å². The van der Waals surface area contributed by atoms with E-state index in [1.54, 1.807) is 20.8 Å². The molecule has 0 saturated carbocycles. The van der Waals surface area contributed by atoms with Gasteiger partial charge in [-0.25, -0.2) is 4.79 Å². The van der Waals surface area contributed by atoms with Gasteiger partial charge in [-0.1, -0.05) is 13.5 Å². The summed E-state index contributed by atoms with van der Waals surface area (Å²) in [5.41, 5.74) is 0.322. The predicted octanol–water partition coefficient (Wildman–Crippen LogP) is 1.76. The zero-order chi connectivity index (χ0) is 13.6. The van der Waals surface area contributed by atoms with Crippen LogP contribution in [0.4, 0.5) is 0 Å².